The normalized spacial score (nSPS) is 19.6. The quantitative estimate of drug-likeness (QED) is 0.646. The van der Waals surface area contributed by atoms with Crippen LogP contribution in [0.15, 0.2) is 29.4 Å². The van der Waals surface area contributed by atoms with E-state index in [0.717, 1.165) is 5.56 Å². The molecule has 0 saturated heterocycles. The first-order chi connectivity index (χ1) is 12.7. The third-order valence-corrected chi connectivity index (χ3v) is 4.58. The van der Waals surface area contributed by atoms with E-state index in [0.29, 0.717) is 11.4 Å². The zero-order chi connectivity index (χ0) is 19.8. The van der Waals surface area contributed by atoms with E-state index in [-0.39, 0.29) is 36.3 Å². The van der Waals surface area contributed by atoms with Gasteiger partial charge in [-0.05, 0) is 35.8 Å². The van der Waals surface area contributed by atoms with Crippen molar-refractivity contribution in [1.29, 1.82) is 0 Å². The van der Waals surface area contributed by atoms with Crippen molar-refractivity contribution < 1.29 is 9.59 Å². The number of amides is 1. The van der Waals surface area contributed by atoms with Crippen LogP contribution >= 0.6 is 0 Å². The summed E-state index contributed by atoms with van der Waals surface area (Å²) in [6, 6.07) is 4.97. The van der Waals surface area contributed by atoms with Crippen LogP contribution in [0.3, 0.4) is 0 Å². The van der Waals surface area contributed by atoms with Crippen LogP contribution in [0.2, 0.25) is 0 Å². The lowest BCUT2D eigenvalue weighted by atomic mass is 9.90. The summed E-state index contributed by atoms with van der Waals surface area (Å²) < 4.78 is 1.40. The molecule has 3 heterocycles. The minimum Gasteiger partial charge on any atom is -0.369 e. The molecule has 1 aliphatic rings. The standard InChI is InChI=1S/C18H19N7O2/c1-18(10-16(27)24(3)17(19)22-18)14-8-11(5-6-21-14)7-13(26)12-9-15(20-2)23-25(12)4/h5-6,8-9H,7,10H2,1,3-4H3,(H2,19,22). The van der Waals surface area contributed by atoms with E-state index in [9.17, 15) is 9.59 Å². The largest absolute Gasteiger partial charge is 0.369 e. The minimum absolute atomic E-state index is 0.121. The summed E-state index contributed by atoms with van der Waals surface area (Å²) in [6.45, 7) is 8.80. The van der Waals surface area contributed by atoms with Gasteiger partial charge in [0.25, 0.3) is 5.82 Å². The smallest absolute Gasteiger partial charge is 0.296 e. The fourth-order valence-electron chi connectivity index (χ4n) is 2.98. The average molecular weight is 365 g/mol. The molecule has 0 spiro atoms. The van der Waals surface area contributed by atoms with Crippen molar-refractivity contribution >= 4 is 23.5 Å². The number of ketones is 1. The number of aryl methyl sites for hydroxylation is 1. The maximum atomic E-state index is 12.6. The summed E-state index contributed by atoms with van der Waals surface area (Å²) in [5.74, 6) is 0.0107. The fourth-order valence-corrected chi connectivity index (χ4v) is 2.98. The van der Waals surface area contributed by atoms with Crippen LogP contribution in [0.25, 0.3) is 4.85 Å². The highest BCUT2D eigenvalue weighted by Crippen LogP contribution is 2.32. The Morgan fingerprint density at radius 1 is 1.41 bits per heavy atom. The molecule has 2 aromatic heterocycles. The van der Waals surface area contributed by atoms with Crippen molar-refractivity contribution in [3.05, 3.63) is 52.8 Å². The van der Waals surface area contributed by atoms with E-state index < -0.39 is 5.54 Å². The monoisotopic (exact) mass is 365 g/mol. The summed E-state index contributed by atoms with van der Waals surface area (Å²) in [4.78, 5) is 38.1. The lowest BCUT2D eigenvalue weighted by molar-refractivity contribution is -0.128. The Hall–Kier alpha value is -3.54. The molecule has 27 heavy (non-hydrogen) atoms. The fraction of sp³-hybridized carbons (Fsp3) is 0.333. The molecular weight excluding hydrogens is 346 g/mol. The molecule has 1 aliphatic heterocycles. The summed E-state index contributed by atoms with van der Waals surface area (Å²) in [5.41, 5.74) is 6.64. The predicted molar refractivity (Wildman–Crippen MR) is 98.1 cm³/mol. The van der Waals surface area contributed by atoms with Gasteiger partial charge in [0.05, 0.1) is 19.2 Å². The van der Waals surface area contributed by atoms with Crippen LogP contribution in [0.1, 0.15) is 35.1 Å². The lowest BCUT2D eigenvalue weighted by Crippen LogP contribution is -2.47. The number of carbonyl (C=O) groups is 2. The number of Topliss-reactive ketones (excluding diaryl/α,β-unsaturated/α-hetero) is 1. The molecule has 0 saturated carbocycles. The predicted octanol–water partition coefficient (Wildman–Crippen LogP) is 1.18. The Bertz CT molecular complexity index is 1000. The van der Waals surface area contributed by atoms with E-state index in [1.54, 1.807) is 39.3 Å². The molecule has 1 amide bonds. The second-order valence-electron chi connectivity index (χ2n) is 6.65. The molecule has 2 aromatic rings. The highest BCUT2D eigenvalue weighted by molar-refractivity contribution is 5.99. The van der Waals surface area contributed by atoms with Gasteiger partial charge in [0, 0.05) is 19.7 Å². The van der Waals surface area contributed by atoms with E-state index in [1.807, 2.05) is 0 Å². The topological polar surface area (TPSA) is 111 Å². The number of nitrogens with zero attached hydrogens (tertiary/aromatic N) is 6. The highest BCUT2D eigenvalue weighted by atomic mass is 16.2. The summed E-state index contributed by atoms with van der Waals surface area (Å²) in [5, 5.41) is 3.97. The van der Waals surface area contributed by atoms with E-state index in [4.69, 9.17) is 12.3 Å². The number of pyridine rings is 1. The molecule has 2 N–H and O–H groups in total. The number of carbonyl (C=O) groups excluding carboxylic acids is 2. The molecule has 0 radical (unpaired) electrons. The van der Waals surface area contributed by atoms with Crippen LogP contribution in [0.5, 0.6) is 0 Å². The van der Waals surface area contributed by atoms with E-state index in [1.165, 1.54) is 15.6 Å². The van der Waals surface area contributed by atoms with E-state index >= 15 is 0 Å². The second-order valence-corrected chi connectivity index (χ2v) is 6.65. The molecule has 9 heteroatoms. The molecule has 0 fully saturated rings. The Labute approximate surface area is 156 Å². The third kappa shape index (κ3) is 3.42. The molecule has 138 valence electrons. The highest BCUT2D eigenvalue weighted by Gasteiger charge is 2.37. The van der Waals surface area contributed by atoms with Crippen molar-refractivity contribution in [2.24, 2.45) is 17.8 Å². The molecule has 0 bridgehead atoms. The van der Waals surface area contributed by atoms with Crippen molar-refractivity contribution in [2.75, 3.05) is 7.05 Å². The van der Waals surface area contributed by atoms with Gasteiger partial charge in [0.15, 0.2) is 11.7 Å². The number of aliphatic imine (C=N–C) groups is 1. The van der Waals surface area contributed by atoms with Crippen LogP contribution in [-0.2, 0) is 23.8 Å². The van der Waals surface area contributed by atoms with Crippen molar-refractivity contribution in [3.63, 3.8) is 0 Å². The van der Waals surface area contributed by atoms with Crippen LogP contribution < -0.4 is 5.73 Å². The molecule has 0 aromatic carbocycles. The number of guanidine groups is 1. The van der Waals surface area contributed by atoms with E-state index in [2.05, 4.69) is 19.9 Å². The van der Waals surface area contributed by atoms with Gasteiger partial charge in [0.2, 0.25) is 5.91 Å². The Morgan fingerprint density at radius 3 is 2.78 bits per heavy atom. The van der Waals surface area contributed by atoms with Gasteiger partial charge in [-0.1, -0.05) is 6.57 Å². The zero-order valence-corrected chi connectivity index (χ0v) is 15.3. The van der Waals surface area contributed by atoms with Crippen LogP contribution in [0, 0.1) is 6.57 Å². The first-order valence-electron chi connectivity index (χ1n) is 8.25. The lowest BCUT2D eigenvalue weighted by Gasteiger charge is -2.32. The van der Waals surface area contributed by atoms with Gasteiger partial charge >= 0.3 is 0 Å². The SMILES string of the molecule is [C-]#[N+]c1cc(C(=O)Cc2ccnc(C3(C)CC(=O)N(C)C(N)=N3)c2)n(C)n1. The number of aromatic nitrogens is 3. The van der Waals surface area contributed by atoms with Gasteiger partial charge in [-0.25, -0.2) is 4.99 Å². The van der Waals surface area contributed by atoms with Crippen LogP contribution in [-0.4, -0.2) is 44.4 Å². The molecule has 0 aliphatic carbocycles. The molecule has 9 nitrogen and oxygen atoms in total. The minimum atomic E-state index is -0.878. The number of nitrogens with two attached hydrogens (primary N) is 1. The Balaban J connectivity index is 1.88. The van der Waals surface area contributed by atoms with Crippen LogP contribution in [0.4, 0.5) is 5.82 Å². The third-order valence-electron chi connectivity index (χ3n) is 4.58. The van der Waals surface area contributed by atoms with Gasteiger partial charge < -0.3 is 10.6 Å². The van der Waals surface area contributed by atoms with Gasteiger partial charge in [-0.2, -0.15) is 4.68 Å². The molecule has 1 atom stereocenters. The van der Waals surface area contributed by atoms with Gasteiger partial charge in [0.1, 0.15) is 11.2 Å². The van der Waals surface area contributed by atoms with Crippen molar-refractivity contribution in [2.45, 2.75) is 25.3 Å². The van der Waals surface area contributed by atoms with Crippen molar-refractivity contribution in [3.8, 4) is 0 Å². The molecule has 1 unspecified atom stereocenters. The number of rotatable bonds is 4. The average Bonchev–Trinajstić information content (AvgIpc) is 3.01. The summed E-state index contributed by atoms with van der Waals surface area (Å²) >= 11 is 0. The number of hydrogen-bond acceptors (Lipinski definition) is 6. The van der Waals surface area contributed by atoms with Gasteiger partial charge in [-0.3, -0.25) is 19.5 Å². The Morgan fingerprint density at radius 2 is 2.15 bits per heavy atom. The Kier molecular flexibility index (Phi) is 4.49. The maximum absolute atomic E-state index is 12.6. The first-order valence-corrected chi connectivity index (χ1v) is 8.25. The summed E-state index contributed by atoms with van der Waals surface area (Å²) in [6.07, 6.45) is 1.85. The van der Waals surface area contributed by atoms with Gasteiger partial charge in [-0.15, -0.1) is 0 Å². The first kappa shape index (κ1) is 18.3. The summed E-state index contributed by atoms with van der Waals surface area (Å²) in [7, 11) is 3.21. The maximum Gasteiger partial charge on any atom is 0.296 e. The number of hydrogen-bond donors (Lipinski definition) is 1. The molecular formula is C18H19N7O2. The van der Waals surface area contributed by atoms with Crippen molar-refractivity contribution in [1.82, 2.24) is 19.7 Å². The second kappa shape index (κ2) is 6.64. The zero-order valence-electron chi connectivity index (χ0n) is 15.3. The molecule has 3 rings (SSSR count).